The Morgan fingerprint density at radius 3 is 2.50 bits per heavy atom. The van der Waals surface area contributed by atoms with Crippen molar-refractivity contribution in [3.8, 4) is 0 Å². The summed E-state index contributed by atoms with van der Waals surface area (Å²) in [6, 6.07) is 7.85. The van der Waals surface area contributed by atoms with Gasteiger partial charge in [-0.3, -0.25) is 14.5 Å². The van der Waals surface area contributed by atoms with Gasteiger partial charge in [-0.05, 0) is 31.7 Å². The molecule has 6 heteroatoms. The monoisotopic (exact) mass is 410 g/mol. The van der Waals surface area contributed by atoms with Crippen molar-refractivity contribution in [3.05, 3.63) is 46.7 Å². The molecule has 3 atom stereocenters. The number of aryl methyl sites for hydroxylation is 1. The van der Waals surface area contributed by atoms with E-state index in [-0.39, 0.29) is 29.8 Å². The molecular weight excluding hydrogens is 380 g/mol. The Labute approximate surface area is 177 Å². The number of benzene rings is 1. The summed E-state index contributed by atoms with van der Waals surface area (Å²) in [5.74, 6) is 0.225. The Balaban J connectivity index is 1.47. The molecular formula is C24H30N2O4. The van der Waals surface area contributed by atoms with Crippen LogP contribution in [0.4, 0.5) is 0 Å². The molecule has 0 spiro atoms. The first-order chi connectivity index (χ1) is 14.6. The summed E-state index contributed by atoms with van der Waals surface area (Å²) in [5.41, 5.74) is 2.75. The number of hydrogen-bond donors (Lipinski definition) is 0. The molecule has 4 aliphatic rings. The summed E-state index contributed by atoms with van der Waals surface area (Å²) in [7, 11) is 0. The zero-order chi connectivity index (χ0) is 20.7. The summed E-state index contributed by atoms with van der Waals surface area (Å²) in [4.78, 5) is 31.2. The number of morpholine rings is 1. The van der Waals surface area contributed by atoms with E-state index in [1.54, 1.807) is 0 Å². The highest BCUT2D eigenvalue weighted by molar-refractivity contribution is 6.11. The molecule has 3 aliphatic heterocycles. The molecule has 5 rings (SSSR count). The van der Waals surface area contributed by atoms with Crippen molar-refractivity contribution in [3.63, 3.8) is 0 Å². The lowest BCUT2D eigenvalue weighted by atomic mass is 9.77. The van der Waals surface area contributed by atoms with Gasteiger partial charge in [-0.25, -0.2) is 0 Å². The summed E-state index contributed by atoms with van der Waals surface area (Å²) in [5, 5.41) is 0. The molecule has 3 heterocycles. The Morgan fingerprint density at radius 2 is 1.73 bits per heavy atom. The minimum absolute atomic E-state index is 0.0996. The average Bonchev–Trinajstić information content (AvgIpc) is 3.06. The van der Waals surface area contributed by atoms with Crippen molar-refractivity contribution in [1.29, 1.82) is 0 Å². The second kappa shape index (κ2) is 8.16. The van der Waals surface area contributed by atoms with Crippen LogP contribution in [-0.4, -0.2) is 67.0 Å². The fraction of sp³-hybridized carbons (Fsp3) is 0.583. The van der Waals surface area contributed by atoms with Crippen LogP contribution in [0.15, 0.2) is 35.6 Å². The first kappa shape index (κ1) is 19.8. The predicted octanol–water partition coefficient (Wildman–Crippen LogP) is 2.62. The van der Waals surface area contributed by atoms with Gasteiger partial charge in [-0.1, -0.05) is 36.2 Å². The van der Waals surface area contributed by atoms with Gasteiger partial charge in [0.1, 0.15) is 6.10 Å². The fourth-order valence-corrected chi connectivity index (χ4v) is 5.29. The third kappa shape index (κ3) is 3.46. The smallest absolute Gasteiger partial charge is 0.290 e. The molecule has 2 fully saturated rings. The quantitative estimate of drug-likeness (QED) is 0.764. The van der Waals surface area contributed by atoms with Crippen LogP contribution < -0.4 is 0 Å². The molecule has 0 radical (unpaired) electrons. The van der Waals surface area contributed by atoms with Crippen LogP contribution in [0.1, 0.15) is 42.9 Å². The molecule has 160 valence electrons. The lowest BCUT2D eigenvalue weighted by Crippen LogP contribution is -2.43. The van der Waals surface area contributed by atoms with E-state index in [0.717, 1.165) is 69.7 Å². The van der Waals surface area contributed by atoms with E-state index < -0.39 is 0 Å². The largest absolute Gasteiger partial charge is 0.483 e. The van der Waals surface area contributed by atoms with E-state index >= 15 is 0 Å². The van der Waals surface area contributed by atoms with Crippen LogP contribution in [0.2, 0.25) is 0 Å². The third-order valence-corrected chi connectivity index (χ3v) is 7.01. The second-order valence-electron chi connectivity index (χ2n) is 8.92. The second-order valence-corrected chi connectivity index (χ2v) is 8.92. The Kier molecular flexibility index (Phi) is 5.37. The number of rotatable bonds is 4. The van der Waals surface area contributed by atoms with Crippen molar-refractivity contribution in [1.82, 2.24) is 9.80 Å². The van der Waals surface area contributed by atoms with Crippen LogP contribution in [0.5, 0.6) is 0 Å². The molecule has 6 nitrogen and oxygen atoms in total. The van der Waals surface area contributed by atoms with Crippen LogP contribution in [-0.2, 0) is 19.1 Å². The SMILES string of the molecule is Cc1ccc(C2C3=C(OC4CCCCC4C3=O)C(=O)N2CCN2CCOCC2)cc1. The first-order valence-corrected chi connectivity index (χ1v) is 11.3. The molecule has 30 heavy (non-hydrogen) atoms. The maximum Gasteiger partial charge on any atom is 0.290 e. The Morgan fingerprint density at radius 1 is 1.00 bits per heavy atom. The molecule has 0 aromatic heterocycles. The van der Waals surface area contributed by atoms with Gasteiger partial charge in [0.15, 0.2) is 11.5 Å². The van der Waals surface area contributed by atoms with Crippen molar-refractivity contribution in [2.75, 3.05) is 39.4 Å². The molecule has 3 unspecified atom stereocenters. The normalized spacial score (nSPS) is 29.6. The van der Waals surface area contributed by atoms with Gasteiger partial charge < -0.3 is 14.4 Å². The number of hydrogen-bond acceptors (Lipinski definition) is 5. The lowest BCUT2D eigenvalue weighted by molar-refractivity contribution is -0.135. The van der Waals surface area contributed by atoms with E-state index in [1.165, 1.54) is 0 Å². The summed E-state index contributed by atoms with van der Waals surface area (Å²) < 4.78 is 11.7. The van der Waals surface area contributed by atoms with Crippen molar-refractivity contribution >= 4 is 11.7 Å². The van der Waals surface area contributed by atoms with Crippen LogP contribution in [0, 0.1) is 12.8 Å². The van der Waals surface area contributed by atoms with E-state index in [2.05, 4.69) is 17.0 Å². The minimum atomic E-state index is -0.343. The Bertz CT molecular complexity index is 856. The maximum absolute atomic E-state index is 13.5. The van der Waals surface area contributed by atoms with Crippen LogP contribution in [0.3, 0.4) is 0 Å². The van der Waals surface area contributed by atoms with Gasteiger partial charge in [0.05, 0.1) is 30.7 Å². The fourth-order valence-electron chi connectivity index (χ4n) is 5.29. The number of ether oxygens (including phenoxy) is 2. The third-order valence-electron chi connectivity index (χ3n) is 7.01. The van der Waals surface area contributed by atoms with E-state index in [1.807, 2.05) is 24.0 Å². The van der Waals surface area contributed by atoms with Gasteiger partial charge in [-0.15, -0.1) is 0 Å². The number of Topliss-reactive ketones (excluding diaryl/α,β-unsaturated/α-hetero) is 1. The topological polar surface area (TPSA) is 59.1 Å². The molecule has 1 aromatic carbocycles. The molecule has 1 saturated heterocycles. The minimum Gasteiger partial charge on any atom is -0.483 e. The van der Waals surface area contributed by atoms with E-state index in [4.69, 9.17) is 9.47 Å². The van der Waals surface area contributed by atoms with Crippen molar-refractivity contribution in [2.45, 2.75) is 44.8 Å². The highest BCUT2D eigenvalue weighted by Gasteiger charge is 2.51. The molecule has 1 saturated carbocycles. The zero-order valence-electron chi connectivity index (χ0n) is 17.6. The number of carbonyl (C=O) groups excluding carboxylic acids is 2. The molecule has 1 amide bonds. The summed E-state index contributed by atoms with van der Waals surface area (Å²) in [6.45, 7) is 6.62. The highest BCUT2D eigenvalue weighted by atomic mass is 16.5. The van der Waals surface area contributed by atoms with Crippen molar-refractivity contribution < 1.29 is 19.1 Å². The average molecular weight is 411 g/mol. The first-order valence-electron chi connectivity index (χ1n) is 11.3. The molecule has 0 bridgehead atoms. The predicted molar refractivity (Wildman–Crippen MR) is 112 cm³/mol. The Hall–Kier alpha value is -2.18. The van der Waals surface area contributed by atoms with Gasteiger partial charge in [-0.2, -0.15) is 0 Å². The number of amides is 1. The number of carbonyl (C=O) groups is 2. The van der Waals surface area contributed by atoms with Crippen LogP contribution >= 0.6 is 0 Å². The zero-order valence-corrected chi connectivity index (χ0v) is 17.6. The number of ketones is 1. The molecule has 1 aliphatic carbocycles. The van der Waals surface area contributed by atoms with Gasteiger partial charge >= 0.3 is 0 Å². The number of nitrogens with zero attached hydrogens (tertiary/aromatic N) is 2. The van der Waals surface area contributed by atoms with Crippen LogP contribution in [0.25, 0.3) is 0 Å². The van der Waals surface area contributed by atoms with E-state index in [9.17, 15) is 9.59 Å². The highest BCUT2D eigenvalue weighted by Crippen LogP contribution is 2.46. The molecule has 1 aromatic rings. The van der Waals surface area contributed by atoms with E-state index in [0.29, 0.717) is 17.9 Å². The van der Waals surface area contributed by atoms with Gasteiger partial charge in [0, 0.05) is 26.2 Å². The molecule has 0 N–H and O–H groups in total. The summed E-state index contributed by atoms with van der Waals surface area (Å²) in [6.07, 6.45) is 3.72. The standard InChI is InChI=1S/C24H30N2O4/c1-16-6-8-17(9-7-16)21-20-22(27)18-4-2-3-5-19(18)30-23(20)24(28)26(21)11-10-25-12-14-29-15-13-25/h6-9,18-19,21H,2-5,10-15H2,1H3. The summed E-state index contributed by atoms with van der Waals surface area (Å²) >= 11 is 0. The van der Waals surface area contributed by atoms with Crippen molar-refractivity contribution in [2.24, 2.45) is 5.92 Å². The number of fused-ring (bicyclic) bond motifs is 1. The van der Waals surface area contributed by atoms with Gasteiger partial charge in [0.2, 0.25) is 0 Å². The lowest BCUT2D eigenvalue weighted by Gasteiger charge is -2.35. The maximum atomic E-state index is 13.5. The van der Waals surface area contributed by atoms with Gasteiger partial charge in [0.25, 0.3) is 5.91 Å².